The van der Waals surface area contributed by atoms with Gasteiger partial charge >= 0.3 is 23.9 Å². The van der Waals surface area contributed by atoms with Crippen LogP contribution in [-0.4, -0.2) is 63.0 Å². The molecule has 5 atom stereocenters. The van der Waals surface area contributed by atoms with Crippen molar-refractivity contribution in [2.24, 2.45) is 0 Å². The lowest BCUT2D eigenvalue weighted by atomic mass is 9.89. The van der Waals surface area contributed by atoms with Crippen molar-refractivity contribution in [1.82, 2.24) is 0 Å². The van der Waals surface area contributed by atoms with Crippen LogP contribution in [0.5, 0.6) is 0 Å². The number of carbonyl (C=O) groups is 4. The van der Waals surface area contributed by atoms with E-state index >= 15 is 0 Å². The first-order valence-corrected chi connectivity index (χ1v) is 19.3. The lowest BCUT2D eigenvalue weighted by Gasteiger charge is -2.44. The Kier molecular flexibility index (Phi) is 14.1. The second kappa shape index (κ2) is 17.3. The zero-order chi connectivity index (χ0) is 36.6. The molecule has 1 saturated heterocycles. The molecule has 0 unspecified atom stereocenters. The Morgan fingerprint density at radius 3 is 1.80 bits per heavy atom. The number of rotatable bonds is 11. The van der Waals surface area contributed by atoms with Crippen LogP contribution in [-0.2, 0) is 49.3 Å². The lowest BCUT2D eigenvalue weighted by molar-refractivity contribution is -0.254. The minimum atomic E-state index is -1.87. The fraction of sp³-hybridized carbons (Fsp3) is 0.526. The topological polar surface area (TPSA) is 114 Å². The van der Waals surface area contributed by atoms with Gasteiger partial charge in [-0.25, -0.2) is 0 Å². The van der Waals surface area contributed by atoms with Crippen molar-refractivity contribution < 1.29 is 42.9 Å². The van der Waals surface area contributed by atoms with Crippen molar-refractivity contribution in [3.63, 3.8) is 0 Å². The molecule has 266 valence electrons. The average Bonchev–Trinajstić information content (AvgIpc) is 2.99. The van der Waals surface area contributed by atoms with Crippen LogP contribution in [0.3, 0.4) is 0 Å². The van der Waals surface area contributed by atoms with Crippen molar-refractivity contribution in [3.05, 3.63) is 69.7 Å². The first-order valence-electron chi connectivity index (χ1n) is 16.7. The van der Waals surface area contributed by atoms with Crippen molar-refractivity contribution >= 4 is 43.6 Å². The van der Waals surface area contributed by atoms with Gasteiger partial charge in [0.05, 0.1) is 0 Å². The van der Waals surface area contributed by atoms with E-state index in [1.807, 2.05) is 30.3 Å². The molecule has 0 spiro atoms. The smallest absolute Gasteiger partial charge is 0.303 e. The maximum absolute atomic E-state index is 12.3. The quantitative estimate of drug-likeness (QED) is 0.102. The predicted molar refractivity (Wildman–Crippen MR) is 190 cm³/mol. The Bertz CT molecular complexity index is 1540. The molecule has 0 bridgehead atoms. The van der Waals surface area contributed by atoms with Crippen molar-refractivity contribution in [3.8, 4) is 11.5 Å². The lowest BCUT2D eigenvalue weighted by Crippen LogP contribution is -2.59. The molecule has 49 heavy (non-hydrogen) atoms. The first kappa shape index (κ1) is 39.8. The minimum absolute atomic E-state index is 0.306. The summed E-state index contributed by atoms with van der Waals surface area (Å²) in [5.41, 5.74) is 8.69. The summed E-state index contributed by atoms with van der Waals surface area (Å²) < 4.78 is 28.3. The number of hydrogen-bond acceptors (Lipinski definition) is 9. The molecule has 0 amide bonds. The summed E-state index contributed by atoms with van der Waals surface area (Å²) in [7, 11) is -1.87. The molecule has 0 radical (unpaired) electrons. The Morgan fingerprint density at radius 2 is 1.29 bits per heavy atom. The fourth-order valence-corrected chi connectivity index (χ4v) is 12.4. The zero-order valence-corrected chi connectivity index (χ0v) is 31.9. The van der Waals surface area contributed by atoms with Gasteiger partial charge in [-0.3, -0.25) is 19.2 Å². The standard InChI is InChI=1S/C38H49ClO9Si/c1-22(2)49(23(3)4,24(5)6)18-17-29-11-13-30(14-12-29)19-32-20-31(15-16-33(32)39)35-37(46-27(9)42)38(47-28(10)43)36(45-26(8)41)34(48-35)21-44-25(7)40/h11-16,20,22-24,34-38H,19,21H2,1-10H3/t34-,35+,36-,37+,38+/m1/s1. The van der Waals surface area contributed by atoms with Gasteiger partial charge in [-0.1, -0.05) is 83.3 Å². The Morgan fingerprint density at radius 1 is 0.755 bits per heavy atom. The highest BCUT2D eigenvalue weighted by Crippen LogP contribution is 2.41. The maximum Gasteiger partial charge on any atom is 0.303 e. The second-order valence-corrected chi connectivity index (χ2v) is 19.5. The van der Waals surface area contributed by atoms with Crippen LogP contribution in [0.1, 0.15) is 97.6 Å². The first-order chi connectivity index (χ1) is 23.0. The van der Waals surface area contributed by atoms with Gasteiger partial charge < -0.3 is 23.7 Å². The van der Waals surface area contributed by atoms with E-state index in [1.165, 1.54) is 27.7 Å². The molecule has 0 saturated carbocycles. The van der Waals surface area contributed by atoms with Crippen molar-refractivity contribution in [1.29, 1.82) is 0 Å². The SMILES string of the molecule is CC(=O)OC[C@H]1O[C@@H](c2ccc(Cl)c(Cc3ccc(C#C[Si](C(C)C)(C(C)C)C(C)C)cc3)c2)[C@H](OC(C)=O)[C@@H](OC(C)=O)[C@@H]1OC(C)=O. The largest absolute Gasteiger partial charge is 0.463 e. The summed E-state index contributed by atoms with van der Waals surface area (Å²) in [5, 5.41) is 0.514. The number of carbonyl (C=O) groups excluding carboxylic acids is 4. The van der Waals surface area contributed by atoms with Gasteiger partial charge in [-0.2, -0.15) is 0 Å². The normalized spacial score (nSPS) is 20.7. The fourth-order valence-electron chi connectivity index (χ4n) is 6.94. The highest BCUT2D eigenvalue weighted by molar-refractivity contribution is 6.90. The summed E-state index contributed by atoms with van der Waals surface area (Å²) in [6.45, 7) is 18.3. The molecule has 1 heterocycles. The molecule has 2 aromatic rings. The average molecular weight is 713 g/mol. The van der Waals surface area contributed by atoms with Crippen LogP contribution < -0.4 is 0 Å². The minimum Gasteiger partial charge on any atom is -0.463 e. The van der Waals surface area contributed by atoms with Crippen molar-refractivity contribution in [2.45, 2.75) is 123 Å². The number of hydrogen-bond donors (Lipinski definition) is 0. The van der Waals surface area contributed by atoms with Crippen molar-refractivity contribution in [2.75, 3.05) is 6.61 Å². The van der Waals surface area contributed by atoms with Gasteiger partial charge in [0.15, 0.2) is 18.3 Å². The van der Waals surface area contributed by atoms with E-state index < -0.39 is 62.5 Å². The van der Waals surface area contributed by atoms with Crippen LogP contribution in [0.4, 0.5) is 0 Å². The summed E-state index contributed by atoms with van der Waals surface area (Å²) in [6.07, 6.45) is -5.27. The van der Waals surface area contributed by atoms with E-state index in [-0.39, 0.29) is 6.61 Å². The molecule has 1 aliphatic rings. The third-order valence-electron chi connectivity index (χ3n) is 9.03. The van der Waals surface area contributed by atoms with Gasteiger partial charge in [0.1, 0.15) is 26.9 Å². The predicted octanol–water partition coefficient (Wildman–Crippen LogP) is 7.30. The molecule has 1 fully saturated rings. The molecule has 1 aliphatic heterocycles. The van der Waals surface area contributed by atoms with E-state index in [0.29, 0.717) is 33.6 Å². The third-order valence-corrected chi connectivity index (χ3v) is 15.7. The molecule has 11 heteroatoms. The molecular formula is C38H49ClO9Si. The van der Waals surface area contributed by atoms with Gasteiger partial charge in [-0.05, 0) is 57.9 Å². The molecule has 0 aromatic heterocycles. The van der Waals surface area contributed by atoms with Gasteiger partial charge in [0, 0.05) is 38.3 Å². The highest BCUT2D eigenvalue weighted by Gasteiger charge is 2.52. The summed E-state index contributed by atoms with van der Waals surface area (Å²) >= 11 is 6.69. The monoisotopic (exact) mass is 712 g/mol. The van der Waals surface area contributed by atoms with Gasteiger partial charge in [0.2, 0.25) is 0 Å². The molecule has 0 N–H and O–H groups in total. The van der Waals surface area contributed by atoms with E-state index in [2.05, 4.69) is 53.0 Å². The third kappa shape index (κ3) is 10.2. The van der Waals surface area contributed by atoms with Gasteiger partial charge in [-0.15, -0.1) is 5.54 Å². The molecule has 0 aliphatic carbocycles. The second-order valence-electron chi connectivity index (χ2n) is 13.5. The van der Waals surface area contributed by atoms with Crippen LogP contribution in [0, 0.1) is 11.5 Å². The van der Waals surface area contributed by atoms with E-state index in [9.17, 15) is 19.2 Å². The number of esters is 4. The van der Waals surface area contributed by atoms with Crippen LogP contribution >= 0.6 is 11.6 Å². The Labute approximate surface area is 296 Å². The Hall–Kier alpha value is -3.65. The van der Waals surface area contributed by atoms with Crippen LogP contribution in [0.25, 0.3) is 0 Å². The molecular weight excluding hydrogens is 664 g/mol. The maximum atomic E-state index is 12.3. The zero-order valence-electron chi connectivity index (χ0n) is 30.1. The number of halogens is 1. The summed E-state index contributed by atoms with van der Waals surface area (Å²) in [6, 6.07) is 13.4. The molecule has 3 rings (SSSR count). The number of benzene rings is 2. The number of ether oxygens (including phenoxy) is 5. The summed E-state index contributed by atoms with van der Waals surface area (Å²) in [4.78, 5) is 48.4. The Balaban J connectivity index is 2.00. The molecule has 2 aromatic carbocycles. The van der Waals surface area contributed by atoms with E-state index in [4.69, 9.17) is 35.3 Å². The van der Waals surface area contributed by atoms with E-state index in [1.54, 1.807) is 12.1 Å². The van der Waals surface area contributed by atoms with E-state index in [0.717, 1.165) is 16.7 Å². The van der Waals surface area contributed by atoms with Crippen LogP contribution in [0.2, 0.25) is 21.6 Å². The summed E-state index contributed by atoms with van der Waals surface area (Å²) in [5.74, 6) is 0.859. The van der Waals surface area contributed by atoms with Gasteiger partial charge in [0.25, 0.3) is 0 Å². The van der Waals surface area contributed by atoms with Crippen LogP contribution in [0.15, 0.2) is 42.5 Å². The molecule has 9 nitrogen and oxygen atoms in total. The highest BCUT2D eigenvalue weighted by atomic mass is 35.5.